The Bertz CT molecular complexity index is 644. The van der Waals surface area contributed by atoms with Gasteiger partial charge in [-0.25, -0.2) is 0 Å². The molecular weight excluding hydrogens is 264 g/mol. The molecule has 0 bridgehead atoms. The molecule has 78 valence electrons. The Labute approximate surface area is 102 Å². The number of benzene rings is 1. The number of halogens is 1. The average Bonchev–Trinajstić information content (AvgIpc) is 2.65. The number of aryl methyl sites for hydroxylation is 1. The van der Waals surface area contributed by atoms with Crippen molar-refractivity contribution in [1.82, 2.24) is 4.57 Å². The molecule has 1 aliphatic rings. The highest BCUT2D eigenvalue weighted by Gasteiger charge is 2.13. The fraction of sp³-hybridized carbons (Fsp3) is 0.154. The maximum absolute atomic E-state index is 9.18. The fourth-order valence-electron chi connectivity index (χ4n) is 2.27. The monoisotopic (exact) mass is 272 g/mol. The second kappa shape index (κ2) is 3.50. The highest BCUT2D eigenvalue weighted by Crippen LogP contribution is 2.29. The highest BCUT2D eigenvalue weighted by atomic mass is 79.9. The predicted octanol–water partition coefficient (Wildman–Crippen LogP) is 3.69. The SMILES string of the molecule is N#Cc1cc(Br)cc2cc3n(c12)CCC=C3. The number of nitrogens with zero attached hydrogens (tertiary/aromatic N) is 2. The second-order valence-electron chi connectivity index (χ2n) is 3.91. The smallest absolute Gasteiger partial charge is 0.101 e. The molecule has 0 radical (unpaired) electrons. The van der Waals surface area contributed by atoms with Gasteiger partial charge in [0, 0.05) is 22.1 Å². The predicted molar refractivity (Wildman–Crippen MR) is 68.0 cm³/mol. The molecule has 2 aromatic rings. The van der Waals surface area contributed by atoms with E-state index in [9.17, 15) is 5.26 Å². The van der Waals surface area contributed by atoms with Gasteiger partial charge in [-0.05, 0) is 30.7 Å². The minimum atomic E-state index is 0.742. The molecular formula is C13H9BrN2. The summed E-state index contributed by atoms with van der Waals surface area (Å²) in [5.41, 5.74) is 2.99. The topological polar surface area (TPSA) is 28.7 Å². The van der Waals surface area contributed by atoms with Crippen LogP contribution >= 0.6 is 15.9 Å². The number of hydrogen-bond acceptors (Lipinski definition) is 1. The number of hydrogen-bond donors (Lipinski definition) is 0. The zero-order valence-electron chi connectivity index (χ0n) is 8.57. The molecule has 16 heavy (non-hydrogen) atoms. The lowest BCUT2D eigenvalue weighted by Gasteiger charge is -2.11. The van der Waals surface area contributed by atoms with Crippen LogP contribution in [-0.2, 0) is 6.54 Å². The Kier molecular flexibility index (Phi) is 2.12. The van der Waals surface area contributed by atoms with Crippen LogP contribution in [-0.4, -0.2) is 4.57 Å². The Hall–Kier alpha value is -1.53. The van der Waals surface area contributed by atoms with Gasteiger partial charge >= 0.3 is 0 Å². The van der Waals surface area contributed by atoms with Gasteiger partial charge in [-0.2, -0.15) is 5.26 Å². The van der Waals surface area contributed by atoms with Crippen LogP contribution in [0.2, 0.25) is 0 Å². The van der Waals surface area contributed by atoms with Gasteiger partial charge in [0.15, 0.2) is 0 Å². The third-order valence-electron chi connectivity index (χ3n) is 2.92. The van der Waals surface area contributed by atoms with Crippen molar-refractivity contribution in [2.45, 2.75) is 13.0 Å². The molecule has 0 saturated carbocycles. The number of nitriles is 1. The summed E-state index contributed by atoms with van der Waals surface area (Å²) in [4.78, 5) is 0. The van der Waals surface area contributed by atoms with Gasteiger partial charge in [0.25, 0.3) is 0 Å². The van der Waals surface area contributed by atoms with E-state index in [1.54, 1.807) is 0 Å². The molecule has 2 nitrogen and oxygen atoms in total. The van der Waals surface area contributed by atoms with Crippen molar-refractivity contribution in [3.8, 4) is 6.07 Å². The Morgan fingerprint density at radius 1 is 1.31 bits per heavy atom. The van der Waals surface area contributed by atoms with Gasteiger partial charge in [-0.15, -0.1) is 0 Å². The molecule has 0 saturated heterocycles. The van der Waals surface area contributed by atoms with Gasteiger partial charge in [-0.3, -0.25) is 0 Å². The molecule has 1 aliphatic heterocycles. The zero-order chi connectivity index (χ0) is 11.1. The van der Waals surface area contributed by atoms with Crippen molar-refractivity contribution in [3.05, 3.63) is 40.0 Å². The van der Waals surface area contributed by atoms with E-state index in [-0.39, 0.29) is 0 Å². The summed E-state index contributed by atoms with van der Waals surface area (Å²) in [7, 11) is 0. The summed E-state index contributed by atoms with van der Waals surface area (Å²) < 4.78 is 3.18. The van der Waals surface area contributed by atoms with Gasteiger partial charge in [0.05, 0.1) is 11.1 Å². The molecule has 2 heterocycles. The molecule has 1 aromatic carbocycles. The minimum Gasteiger partial charge on any atom is -0.340 e. The summed E-state index contributed by atoms with van der Waals surface area (Å²) >= 11 is 3.44. The van der Waals surface area contributed by atoms with Gasteiger partial charge < -0.3 is 4.57 Å². The van der Waals surface area contributed by atoms with Crippen LogP contribution in [0.4, 0.5) is 0 Å². The van der Waals surface area contributed by atoms with Crippen molar-refractivity contribution >= 4 is 32.9 Å². The van der Waals surface area contributed by atoms with E-state index < -0.39 is 0 Å². The van der Waals surface area contributed by atoms with E-state index in [4.69, 9.17) is 0 Å². The number of rotatable bonds is 0. The van der Waals surface area contributed by atoms with Crippen LogP contribution < -0.4 is 0 Å². The molecule has 0 N–H and O–H groups in total. The van der Waals surface area contributed by atoms with Crippen LogP contribution in [0, 0.1) is 11.3 Å². The van der Waals surface area contributed by atoms with E-state index in [0.29, 0.717) is 0 Å². The van der Waals surface area contributed by atoms with Crippen molar-refractivity contribution < 1.29 is 0 Å². The van der Waals surface area contributed by atoms with Gasteiger partial charge in [0.1, 0.15) is 6.07 Å². The van der Waals surface area contributed by atoms with Crippen LogP contribution in [0.25, 0.3) is 17.0 Å². The van der Waals surface area contributed by atoms with E-state index in [1.165, 1.54) is 5.69 Å². The van der Waals surface area contributed by atoms with Crippen LogP contribution in [0.3, 0.4) is 0 Å². The second-order valence-corrected chi connectivity index (χ2v) is 4.83. The zero-order valence-corrected chi connectivity index (χ0v) is 10.2. The van der Waals surface area contributed by atoms with Gasteiger partial charge in [0.2, 0.25) is 0 Å². The highest BCUT2D eigenvalue weighted by molar-refractivity contribution is 9.10. The lowest BCUT2D eigenvalue weighted by molar-refractivity contribution is 0.719. The maximum atomic E-state index is 9.18. The summed E-state index contributed by atoms with van der Waals surface area (Å²) in [6, 6.07) is 8.36. The molecule has 0 spiro atoms. The Balaban J connectivity index is 2.45. The number of aromatic nitrogens is 1. The quantitative estimate of drug-likeness (QED) is 0.719. The summed E-state index contributed by atoms with van der Waals surface area (Å²) in [5.74, 6) is 0. The normalized spacial score (nSPS) is 13.8. The molecule has 0 fully saturated rings. The van der Waals surface area contributed by atoms with Crippen molar-refractivity contribution in [1.29, 1.82) is 5.26 Å². The first-order chi connectivity index (χ1) is 7.79. The standard InChI is InChI=1S/C13H9BrN2/c14-11-5-9-7-12-3-1-2-4-16(12)13(9)10(6-11)8-15/h1,3,5-7H,2,4H2. The first-order valence-corrected chi connectivity index (χ1v) is 5.98. The number of allylic oxidation sites excluding steroid dienone is 1. The molecule has 3 heteroatoms. The molecule has 0 unspecified atom stereocenters. The lowest BCUT2D eigenvalue weighted by atomic mass is 10.1. The van der Waals surface area contributed by atoms with E-state index >= 15 is 0 Å². The molecule has 1 aromatic heterocycles. The molecule has 3 rings (SSSR count). The average molecular weight is 273 g/mol. The molecule has 0 aliphatic carbocycles. The van der Waals surface area contributed by atoms with Crippen molar-refractivity contribution in [2.75, 3.05) is 0 Å². The summed E-state index contributed by atoms with van der Waals surface area (Å²) in [6.07, 6.45) is 5.34. The third kappa shape index (κ3) is 1.30. The van der Waals surface area contributed by atoms with E-state index in [1.807, 2.05) is 6.07 Å². The molecule has 0 atom stereocenters. The largest absolute Gasteiger partial charge is 0.340 e. The Morgan fingerprint density at radius 3 is 3.00 bits per heavy atom. The summed E-state index contributed by atoms with van der Waals surface area (Å²) in [5, 5.41) is 10.3. The van der Waals surface area contributed by atoms with Crippen LogP contribution in [0.5, 0.6) is 0 Å². The molecule has 0 amide bonds. The van der Waals surface area contributed by atoms with Gasteiger partial charge in [-0.1, -0.05) is 22.0 Å². The summed E-state index contributed by atoms with van der Waals surface area (Å²) in [6.45, 7) is 0.964. The van der Waals surface area contributed by atoms with E-state index in [0.717, 1.165) is 33.9 Å². The third-order valence-corrected chi connectivity index (χ3v) is 3.38. The first-order valence-electron chi connectivity index (χ1n) is 5.19. The van der Waals surface area contributed by atoms with E-state index in [2.05, 4.69) is 50.9 Å². The minimum absolute atomic E-state index is 0.742. The number of fused-ring (bicyclic) bond motifs is 3. The van der Waals surface area contributed by atoms with Crippen molar-refractivity contribution in [2.24, 2.45) is 0 Å². The van der Waals surface area contributed by atoms with Crippen LogP contribution in [0.1, 0.15) is 17.7 Å². The lowest BCUT2D eigenvalue weighted by Crippen LogP contribution is -2.03. The Morgan fingerprint density at radius 2 is 2.19 bits per heavy atom. The maximum Gasteiger partial charge on any atom is 0.101 e. The fourth-order valence-corrected chi connectivity index (χ4v) is 2.75. The van der Waals surface area contributed by atoms with Crippen LogP contribution in [0.15, 0.2) is 28.7 Å². The first kappa shape index (κ1) is 9.68. The van der Waals surface area contributed by atoms with Crippen molar-refractivity contribution in [3.63, 3.8) is 0 Å².